The molecule has 3 N–H and O–H groups in total. The fraction of sp³-hybridized carbons (Fsp3) is 0.562. The molecule has 2 fully saturated rings. The Labute approximate surface area is 149 Å². The number of aromatic hydroxyl groups is 1. The van der Waals surface area contributed by atoms with Gasteiger partial charge in [0.15, 0.2) is 0 Å². The number of carbonyl (C=O) groups is 1. The van der Waals surface area contributed by atoms with Gasteiger partial charge in [0.05, 0.1) is 18.8 Å². The number of amides is 1. The molecule has 0 aliphatic carbocycles. The monoisotopic (exact) mass is 363 g/mol. The summed E-state index contributed by atoms with van der Waals surface area (Å²) in [7, 11) is 0. The number of hydrogen-bond donors (Lipinski definition) is 2. The van der Waals surface area contributed by atoms with E-state index in [-0.39, 0.29) is 17.7 Å². The minimum atomic E-state index is -0.169. The molecule has 25 heavy (non-hydrogen) atoms. The molecule has 0 saturated carbocycles. The number of likely N-dealkylation sites (tertiary alicyclic amines) is 1. The lowest BCUT2D eigenvalue weighted by Gasteiger charge is -2.40. The molecule has 2 aliphatic rings. The maximum Gasteiger partial charge on any atom is 0.256 e. The van der Waals surface area contributed by atoms with Gasteiger partial charge in [-0.25, -0.2) is 4.98 Å². The highest BCUT2D eigenvalue weighted by atomic mass is 32.1. The van der Waals surface area contributed by atoms with Crippen molar-refractivity contribution in [2.75, 3.05) is 45.1 Å². The Balaban J connectivity index is 1.47. The summed E-state index contributed by atoms with van der Waals surface area (Å²) < 4.78 is 5.91. The fourth-order valence-electron chi connectivity index (χ4n) is 3.62. The second-order valence-electron chi connectivity index (χ2n) is 6.40. The van der Waals surface area contributed by atoms with Crippen LogP contribution in [0.25, 0.3) is 10.2 Å². The maximum atomic E-state index is 12.9. The SMILES string of the molecule is Nc1nc(O)c2scc(C(=O)N3CCC(N4CCOCC4)CC3)c2n1. The maximum absolute atomic E-state index is 12.9. The normalized spacial score (nSPS) is 20.2. The zero-order valence-electron chi connectivity index (χ0n) is 13.8. The van der Waals surface area contributed by atoms with Crippen LogP contribution in [0.4, 0.5) is 5.95 Å². The molecule has 1 amide bonds. The van der Waals surface area contributed by atoms with Crippen LogP contribution in [0, 0.1) is 0 Å². The first-order valence-electron chi connectivity index (χ1n) is 8.48. The van der Waals surface area contributed by atoms with Gasteiger partial charge in [-0.2, -0.15) is 4.98 Å². The molecule has 0 unspecified atom stereocenters. The number of aromatic nitrogens is 2. The number of piperidine rings is 1. The Morgan fingerprint density at radius 3 is 2.68 bits per heavy atom. The molecular weight excluding hydrogens is 342 g/mol. The summed E-state index contributed by atoms with van der Waals surface area (Å²) in [6.45, 7) is 5.00. The van der Waals surface area contributed by atoms with Gasteiger partial charge >= 0.3 is 0 Å². The van der Waals surface area contributed by atoms with Crippen molar-refractivity contribution in [2.45, 2.75) is 18.9 Å². The summed E-state index contributed by atoms with van der Waals surface area (Å²) in [6, 6.07) is 0.522. The number of nitrogens with zero attached hydrogens (tertiary/aromatic N) is 4. The van der Waals surface area contributed by atoms with Crippen LogP contribution < -0.4 is 5.73 Å². The van der Waals surface area contributed by atoms with Crippen LogP contribution in [0.1, 0.15) is 23.2 Å². The third-order valence-electron chi connectivity index (χ3n) is 4.96. The third-order valence-corrected chi connectivity index (χ3v) is 5.92. The lowest BCUT2D eigenvalue weighted by Crippen LogP contribution is -2.50. The summed E-state index contributed by atoms with van der Waals surface area (Å²) in [5.74, 6) is -0.245. The highest BCUT2D eigenvalue weighted by Crippen LogP contribution is 2.32. The molecule has 4 rings (SSSR count). The Hall–Kier alpha value is -1.97. The second kappa shape index (κ2) is 6.74. The number of fused-ring (bicyclic) bond motifs is 1. The van der Waals surface area contributed by atoms with Gasteiger partial charge in [-0.3, -0.25) is 9.69 Å². The molecule has 0 aromatic carbocycles. The van der Waals surface area contributed by atoms with Gasteiger partial charge in [0.2, 0.25) is 11.8 Å². The van der Waals surface area contributed by atoms with Gasteiger partial charge < -0.3 is 20.5 Å². The van der Waals surface area contributed by atoms with Crippen molar-refractivity contribution in [3.63, 3.8) is 0 Å². The number of hydrogen-bond acceptors (Lipinski definition) is 8. The predicted octanol–water partition coefficient (Wildman–Crippen LogP) is 0.916. The molecule has 2 aromatic rings. The van der Waals surface area contributed by atoms with E-state index in [9.17, 15) is 9.90 Å². The molecule has 0 radical (unpaired) electrons. The van der Waals surface area contributed by atoms with E-state index in [2.05, 4.69) is 14.9 Å². The first-order valence-corrected chi connectivity index (χ1v) is 9.36. The fourth-order valence-corrected chi connectivity index (χ4v) is 4.49. The van der Waals surface area contributed by atoms with Crippen LogP contribution in [-0.4, -0.2) is 76.2 Å². The molecule has 0 spiro atoms. The smallest absolute Gasteiger partial charge is 0.256 e. The Bertz CT molecular complexity index is 781. The molecular formula is C16H21N5O3S. The van der Waals surface area contributed by atoms with E-state index in [1.165, 1.54) is 11.3 Å². The van der Waals surface area contributed by atoms with Crippen molar-refractivity contribution in [1.82, 2.24) is 19.8 Å². The number of nitrogens with two attached hydrogens (primary N) is 1. The first kappa shape index (κ1) is 16.5. The Morgan fingerprint density at radius 2 is 1.96 bits per heavy atom. The van der Waals surface area contributed by atoms with E-state index in [0.717, 1.165) is 52.2 Å². The summed E-state index contributed by atoms with van der Waals surface area (Å²) in [5.41, 5.74) is 6.55. The third kappa shape index (κ3) is 3.14. The second-order valence-corrected chi connectivity index (χ2v) is 7.28. The number of nitrogen functional groups attached to an aromatic ring is 1. The standard InChI is InChI=1S/C16H21N5O3S/c17-16-18-12-11(9-25-13(12)14(22)19-16)15(23)21-3-1-10(2-4-21)20-5-7-24-8-6-20/h9-10H,1-8H2,(H3,17,18,19,22). The average Bonchev–Trinajstić information content (AvgIpc) is 3.06. The van der Waals surface area contributed by atoms with Gasteiger partial charge in [-0.1, -0.05) is 0 Å². The van der Waals surface area contributed by atoms with Crippen LogP contribution in [-0.2, 0) is 4.74 Å². The van der Waals surface area contributed by atoms with Crippen molar-refractivity contribution in [3.8, 4) is 5.88 Å². The largest absolute Gasteiger partial charge is 0.492 e. The number of carbonyl (C=O) groups excluding carboxylic acids is 1. The summed E-state index contributed by atoms with van der Waals surface area (Å²) in [6.07, 6.45) is 1.94. The van der Waals surface area contributed by atoms with Crippen LogP contribution in [0.2, 0.25) is 0 Å². The number of ether oxygens (including phenoxy) is 1. The van der Waals surface area contributed by atoms with Crippen molar-refractivity contribution in [3.05, 3.63) is 10.9 Å². The molecule has 9 heteroatoms. The van der Waals surface area contributed by atoms with E-state index in [0.29, 0.717) is 21.8 Å². The molecule has 2 aliphatic heterocycles. The van der Waals surface area contributed by atoms with Gasteiger partial charge in [-0.05, 0) is 12.8 Å². The Kier molecular flexibility index (Phi) is 4.45. The van der Waals surface area contributed by atoms with E-state index < -0.39 is 0 Å². The predicted molar refractivity (Wildman–Crippen MR) is 94.8 cm³/mol. The topological polar surface area (TPSA) is 105 Å². The lowest BCUT2D eigenvalue weighted by atomic mass is 10.0. The van der Waals surface area contributed by atoms with E-state index >= 15 is 0 Å². The molecule has 0 bridgehead atoms. The van der Waals surface area contributed by atoms with E-state index in [1.54, 1.807) is 5.38 Å². The van der Waals surface area contributed by atoms with Crippen LogP contribution >= 0.6 is 11.3 Å². The van der Waals surface area contributed by atoms with Crippen LogP contribution in [0.5, 0.6) is 5.88 Å². The van der Waals surface area contributed by atoms with Gasteiger partial charge in [0, 0.05) is 37.6 Å². The molecule has 2 saturated heterocycles. The lowest BCUT2D eigenvalue weighted by molar-refractivity contribution is 0.00161. The van der Waals surface area contributed by atoms with Gasteiger partial charge in [0.25, 0.3) is 5.91 Å². The van der Waals surface area contributed by atoms with Crippen molar-refractivity contribution in [1.29, 1.82) is 0 Å². The summed E-state index contributed by atoms with van der Waals surface area (Å²) in [5, 5.41) is 11.6. The number of rotatable bonds is 2. The highest BCUT2D eigenvalue weighted by molar-refractivity contribution is 7.17. The molecule has 0 atom stereocenters. The van der Waals surface area contributed by atoms with Gasteiger partial charge in [0.1, 0.15) is 10.2 Å². The minimum Gasteiger partial charge on any atom is -0.492 e. The van der Waals surface area contributed by atoms with Crippen LogP contribution in [0.3, 0.4) is 0 Å². The van der Waals surface area contributed by atoms with Gasteiger partial charge in [-0.15, -0.1) is 11.3 Å². The number of thiophene rings is 1. The average molecular weight is 363 g/mol. The number of morpholine rings is 1. The zero-order valence-corrected chi connectivity index (χ0v) is 14.7. The van der Waals surface area contributed by atoms with Crippen molar-refractivity contribution in [2.24, 2.45) is 0 Å². The minimum absolute atomic E-state index is 0.0246. The Morgan fingerprint density at radius 1 is 1.24 bits per heavy atom. The molecule has 4 heterocycles. The summed E-state index contributed by atoms with van der Waals surface area (Å²) >= 11 is 1.26. The van der Waals surface area contributed by atoms with Crippen molar-refractivity contribution >= 4 is 33.4 Å². The highest BCUT2D eigenvalue weighted by Gasteiger charge is 2.29. The molecule has 2 aromatic heterocycles. The van der Waals surface area contributed by atoms with E-state index in [1.807, 2.05) is 4.90 Å². The summed E-state index contributed by atoms with van der Waals surface area (Å²) in [4.78, 5) is 25.1. The quantitative estimate of drug-likeness (QED) is 0.817. The first-order chi connectivity index (χ1) is 12.1. The van der Waals surface area contributed by atoms with Crippen LogP contribution in [0.15, 0.2) is 5.38 Å². The molecule has 8 nitrogen and oxygen atoms in total. The van der Waals surface area contributed by atoms with Crippen molar-refractivity contribution < 1.29 is 14.6 Å². The zero-order chi connectivity index (χ0) is 17.4. The molecule has 134 valence electrons. The van der Waals surface area contributed by atoms with E-state index in [4.69, 9.17) is 10.5 Å². The number of anilines is 1.